The van der Waals surface area contributed by atoms with Crippen LogP contribution in [0, 0.1) is 0 Å². The molecule has 1 heterocycles. The van der Waals surface area contributed by atoms with Crippen molar-refractivity contribution in [2.75, 3.05) is 11.4 Å². The minimum absolute atomic E-state index is 0.774. The number of hydrogen-bond acceptors (Lipinski definition) is 3. The van der Waals surface area contributed by atoms with Crippen LogP contribution in [0.3, 0.4) is 0 Å². The Balaban J connectivity index is 2.02. The van der Waals surface area contributed by atoms with E-state index in [-0.39, 0.29) is 0 Å². The van der Waals surface area contributed by atoms with Crippen molar-refractivity contribution in [2.24, 2.45) is 0 Å². The van der Waals surface area contributed by atoms with Gasteiger partial charge in [-0.15, -0.1) is 0 Å². The van der Waals surface area contributed by atoms with Crippen molar-refractivity contribution in [3.8, 4) is 0 Å². The third-order valence-corrected chi connectivity index (χ3v) is 6.22. The van der Waals surface area contributed by atoms with Gasteiger partial charge in [-0.3, -0.25) is 4.79 Å². The highest BCUT2D eigenvalue weighted by Gasteiger charge is 2.26. The van der Waals surface area contributed by atoms with E-state index in [9.17, 15) is 4.79 Å². The van der Waals surface area contributed by atoms with Gasteiger partial charge in [-0.25, -0.2) is 0 Å². The number of carbonyl (C=O) groups excluding carboxylic acids is 1. The Labute approximate surface area is 150 Å². The molecule has 23 heavy (non-hydrogen) atoms. The summed E-state index contributed by atoms with van der Waals surface area (Å²) in [5, 5.41) is 0. The number of fused-ring (bicyclic) bond motifs is 2. The number of rotatable bonds is 6. The molecule has 3 rings (SSSR count). The lowest BCUT2D eigenvalue weighted by Crippen LogP contribution is -2.23. The van der Waals surface area contributed by atoms with Crippen LogP contribution in [0.15, 0.2) is 50.7 Å². The Hall–Kier alpha value is -1.26. The fourth-order valence-corrected chi connectivity index (χ4v) is 4.71. The molecule has 0 aliphatic carbocycles. The van der Waals surface area contributed by atoms with E-state index >= 15 is 0 Å². The summed E-state index contributed by atoms with van der Waals surface area (Å²) in [6, 6.07) is 12.3. The number of carbonyl (C=O) groups is 1. The van der Waals surface area contributed by atoms with Crippen molar-refractivity contribution >= 4 is 45.4 Å². The maximum Gasteiger partial charge on any atom is 0.152 e. The molecule has 1 aliphatic rings. The van der Waals surface area contributed by atoms with Gasteiger partial charge < -0.3 is 4.90 Å². The van der Waals surface area contributed by atoms with Crippen molar-refractivity contribution in [3.63, 3.8) is 0 Å². The summed E-state index contributed by atoms with van der Waals surface area (Å²) in [4.78, 5) is 16.3. The Morgan fingerprint density at radius 1 is 1.13 bits per heavy atom. The summed E-state index contributed by atoms with van der Waals surface area (Å²) in [6.45, 7) is 3.17. The van der Waals surface area contributed by atoms with E-state index < -0.39 is 0 Å². The van der Waals surface area contributed by atoms with Gasteiger partial charge in [0.2, 0.25) is 0 Å². The molecule has 2 aromatic carbocycles. The third-order valence-electron chi connectivity index (χ3n) is 4.11. The highest BCUT2D eigenvalue weighted by Crippen LogP contribution is 2.51. The second-order valence-electron chi connectivity index (χ2n) is 5.71. The van der Waals surface area contributed by atoms with Gasteiger partial charge in [0.1, 0.15) is 0 Å². The predicted octanol–water partition coefficient (Wildman–Crippen LogP) is 6.44. The first-order chi connectivity index (χ1) is 11.3. The van der Waals surface area contributed by atoms with E-state index in [4.69, 9.17) is 0 Å². The molecule has 4 heteroatoms. The zero-order chi connectivity index (χ0) is 16.2. The van der Waals surface area contributed by atoms with Crippen molar-refractivity contribution < 1.29 is 4.79 Å². The van der Waals surface area contributed by atoms with Gasteiger partial charge in [-0.2, -0.15) is 0 Å². The molecule has 0 atom stereocenters. The largest absolute Gasteiger partial charge is 0.339 e. The summed E-state index contributed by atoms with van der Waals surface area (Å²) in [5.74, 6) is 0. The zero-order valence-corrected chi connectivity index (χ0v) is 15.6. The molecule has 0 amide bonds. The van der Waals surface area contributed by atoms with Crippen LogP contribution in [-0.2, 0) is 0 Å². The quantitative estimate of drug-likeness (QED) is 0.418. The van der Waals surface area contributed by atoms with E-state index in [2.05, 4.69) is 52.0 Å². The lowest BCUT2D eigenvalue weighted by molar-refractivity contribution is 0.112. The van der Waals surface area contributed by atoms with Crippen LogP contribution in [0.4, 0.5) is 11.4 Å². The smallest absolute Gasteiger partial charge is 0.152 e. The molecule has 0 saturated heterocycles. The molecule has 0 N–H and O–H groups in total. The number of hydrogen-bond donors (Lipinski definition) is 0. The van der Waals surface area contributed by atoms with E-state index in [1.807, 2.05) is 12.1 Å². The average Bonchev–Trinajstić information content (AvgIpc) is 2.58. The van der Waals surface area contributed by atoms with Crippen LogP contribution in [0.5, 0.6) is 0 Å². The number of para-hydroxylation sites is 1. The lowest BCUT2D eigenvalue weighted by atomic mass is 10.1. The molecule has 0 unspecified atom stereocenters. The minimum Gasteiger partial charge on any atom is -0.339 e. The van der Waals surface area contributed by atoms with Crippen molar-refractivity contribution in [2.45, 2.75) is 42.4 Å². The molecule has 2 aromatic rings. The number of aldehydes is 1. The summed E-state index contributed by atoms with van der Waals surface area (Å²) in [7, 11) is 0. The SMILES string of the molecule is CCCCCCN1c2cccc(Br)c2Sc2cccc(C=O)c21. The van der Waals surface area contributed by atoms with Crippen LogP contribution in [0.2, 0.25) is 0 Å². The lowest BCUT2D eigenvalue weighted by Gasteiger charge is -2.34. The summed E-state index contributed by atoms with van der Waals surface area (Å²) >= 11 is 5.41. The van der Waals surface area contributed by atoms with Crippen LogP contribution in [0.25, 0.3) is 0 Å². The fraction of sp³-hybridized carbons (Fsp3) is 0.316. The van der Waals surface area contributed by atoms with Crippen molar-refractivity contribution in [1.82, 2.24) is 0 Å². The Bertz CT molecular complexity index is 717. The monoisotopic (exact) mass is 389 g/mol. The topological polar surface area (TPSA) is 20.3 Å². The summed E-state index contributed by atoms with van der Waals surface area (Å²) in [5.41, 5.74) is 3.04. The van der Waals surface area contributed by atoms with Gasteiger partial charge in [-0.05, 0) is 46.6 Å². The highest BCUT2D eigenvalue weighted by molar-refractivity contribution is 9.10. The van der Waals surface area contributed by atoms with Crippen molar-refractivity contribution in [1.29, 1.82) is 0 Å². The zero-order valence-electron chi connectivity index (χ0n) is 13.2. The number of unbranched alkanes of at least 4 members (excludes halogenated alkanes) is 3. The normalized spacial score (nSPS) is 12.7. The van der Waals surface area contributed by atoms with Gasteiger partial charge in [0.05, 0.1) is 16.3 Å². The molecule has 0 aromatic heterocycles. The van der Waals surface area contributed by atoms with E-state index in [0.717, 1.165) is 39.9 Å². The van der Waals surface area contributed by atoms with Gasteiger partial charge in [0, 0.05) is 21.5 Å². The Morgan fingerprint density at radius 3 is 2.74 bits per heavy atom. The number of halogens is 1. The van der Waals surface area contributed by atoms with Gasteiger partial charge in [-0.1, -0.05) is 50.1 Å². The van der Waals surface area contributed by atoms with Crippen LogP contribution >= 0.6 is 27.7 Å². The van der Waals surface area contributed by atoms with E-state index in [1.165, 1.54) is 29.8 Å². The number of benzene rings is 2. The van der Waals surface area contributed by atoms with E-state index in [1.54, 1.807) is 11.8 Å². The molecule has 1 aliphatic heterocycles. The molecule has 0 fully saturated rings. The maximum atomic E-state index is 11.5. The van der Waals surface area contributed by atoms with Gasteiger partial charge >= 0.3 is 0 Å². The molecule has 0 spiro atoms. The first-order valence-electron chi connectivity index (χ1n) is 8.08. The molecule has 0 radical (unpaired) electrons. The van der Waals surface area contributed by atoms with Crippen LogP contribution in [0.1, 0.15) is 43.0 Å². The predicted molar refractivity (Wildman–Crippen MR) is 101 cm³/mol. The van der Waals surface area contributed by atoms with Crippen molar-refractivity contribution in [3.05, 3.63) is 46.4 Å². The summed E-state index contributed by atoms with van der Waals surface area (Å²) < 4.78 is 1.11. The molecule has 0 bridgehead atoms. The highest BCUT2D eigenvalue weighted by atomic mass is 79.9. The summed E-state index contributed by atoms with van der Waals surface area (Å²) in [6.07, 6.45) is 5.82. The first-order valence-corrected chi connectivity index (χ1v) is 9.69. The maximum absolute atomic E-state index is 11.5. The molecular weight excluding hydrogens is 370 g/mol. The standard InChI is InChI=1S/C19H20BrNOS/c1-2-3-4-5-12-21-16-10-7-9-15(20)19(16)23-17-11-6-8-14(13-22)18(17)21/h6-11,13H,2-5,12H2,1H3. The minimum atomic E-state index is 0.774. The average molecular weight is 390 g/mol. The Morgan fingerprint density at radius 2 is 1.96 bits per heavy atom. The molecular formula is C19H20BrNOS. The second kappa shape index (κ2) is 7.54. The fourth-order valence-electron chi connectivity index (χ4n) is 2.98. The van der Waals surface area contributed by atoms with E-state index in [0.29, 0.717) is 0 Å². The van der Waals surface area contributed by atoms with Crippen LogP contribution < -0.4 is 4.90 Å². The third kappa shape index (κ3) is 3.33. The van der Waals surface area contributed by atoms with Gasteiger partial charge in [0.15, 0.2) is 6.29 Å². The number of nitrogens with zero attached hydrogens (tertiary/aromatic N) is 1. The number of anilines is 2. The molecule has 120 valence electrons. The second-order valence-corrected chi connectivity index (χ2v) is 7.62. The van der Waals surface area contributed by atoms with Gasteiger partial charge in [0.25, 0.3) is 0 Å². The Kier molecular flexibility index (Phi) is 5.44. The molecule has 2 nitrogen and oxygen atoms in total. The first kappa shape index (κ1) is 16.6. The van der Waals surface area contributed by atoms with Crippen LogP contribution in [-0.4, -0.2) is 12.8 Å². The molecule has 0 saturated carbocycles.